The largest absolute Gasteiger partial charge is 0.431 e. The van der Waals surface area contributed by atoms with Crippen LogP contribution in [0.15, 0.2) is 94.6 Å². The van der Waals surface area contributed by atoms with Gasteiger partial charge in [-0.05, 0) is 6.07 Å². The summed E-state index contributed by atoms with van der Waals surface area (Å²) in [7, 11) is 0. The van der Waals surface area contributed by atoms with E-state index in [0.717, 1.165) is 29.0 Å². The molecule has 4 aromatic rings. The maximum absolute atomic E-state index is 12.2. The van der Waals surface area contributed by atoms with Gasteiger partial charge in [-0.3, -0.25) is 30.6 Å². The highest BCUT2D eigenvalue weighted by molar-refractivity contribution is 7.99. The number of nitro groups is 1. The van der Waals surface area contributed by atoms with Crippen molar-refractivity contribution < 1.29 is 18.9 Å². The van der Waals surface area contributed by atoms with Crippen LogP contribution in [0.5, 0.6) is 0 Å². The second-order valence-corrected chi connectivity index (χ2v) is 7.91. The molecule has 0 saturated heterocycles. The zero-order valence-electron chi connectivity index (χ0n) is 17.6. The van der Waals surface area contributed by atoms with Gasteiger partial charge in [0.15, 0.2) is 5.76 Å². The smallest absolute Gasteiger partial charge is 0.270 e. The number of carbonyl (C=O) groups is 2. The van der Waals surface area contributed by atoms with Crippen molar-refractivity contribution in [3.05, 3.63) is 101 Å². The first kappa shape index (κ1) is 22.7. The van der Waals surface area contributed by atoms with E-state index in [1.807, 2.05) is 60.7 Å². The highest BCUT2D eigenvalue weighted by atomic mass is 32.2. The molecule has 0 spiro atoms. The van der Waals surface area contributed by atoms with E-state index in [2.05, 4.69) is 15.8 Å². The Kier molecular flexibility index (Phi) is 6.99. The lowest BCUT2D eigenvalue weighted by Gasteiger charge is -2.06. The van der Waals surface area contributed by atoms with E-state index < -0.39 is 16.7 Å². The number of nitrogens with zero attached hydrogens (tertiary/aromatic N) is 2. The van der Waals surface area contributed by atoms with Gasteiger partial charge < -0.3 is 4.42 Å². The number of rotatable bonds is 7. The van der Waals surface area contributed by atoms with Crippen molar-refractivity contribution >= 4 is 29.3 Å². The summed E-state index contributed by atoms with van der Waals surface area (Å²) < 4.78 is 5.96. The van der Waals surface area contributed by atoms with E-state index in [9.17, 15) is 19.7 Å². The molecule has 170 valence electrons. The van der Waals surface area contributed by atoms with Crippen LogP contribution in [0.3, 0.4) is 0 Å². The van der Waals surface area contributed by atoms with Gasteiger partial charge >= 0.3 is 0 Å². The van der Waals surface area contributed by atoms with Crippen molar-refractivity contribution in [2.75, 3.05) is 5.75 Å². The lowest BCUT2D eigenvalue weighted by atomic mass is 10.1. The molecule has 9 nitrogen and oxygen atoms in total. The van der Waals surface area contributed by atoms with Crippen molar-refractivity contribution in [1.82, 2.24) is 15.8 Å². The molecule has 0 bridgehead atoms. The van der Waals surface area contributed by atoms with Gasteiger partial charge in [-0.2, -0.15) is 0 Å². The Morgan fingerprint density at radius 2 is 1.59 bits per heavy atom. The normalized spacial score (nSPS) is 10.5. The molecule has 0 fully saturated rings. The maximum Gasteiger partial charge on any atom is 0.270 e. The van der Waals surface area contributed by atoms with Gasteiger partial charge in [-0.25, -0.2) is 4.98 Å². The fourth-order valence-electron chi connectivity index (χ4n) is 3.06. The zero-order valence-corrected chi connectivity index (χ0v) is 18.5. The predicted molar refractivity (Wildman–Crippen MR) is 127 cm³/mol. The van der Waals surface area contributed by atoms with Gasteiger partial charge in [0.1, 0.15) is 5.69 Å². The van der Waals surface area contributed by atoms with E-state index in [0.29, 0.717) is 16.7 Å². The Balaban J connectivity index is 1.41. The Hall–Kier alpha value is -4.44. The number of oxazole rings is 1. The molecule has 0 unspecified atom stereocenters. The number of benzene rings is 3. The number of thioether (sulfide) groups is 1. The third-order valence-corrected chi connectivity index (χ3v) is 5.48. The number of carbonyl (C=O) groups excluding carboxylic acids is 2. The lowest BCUT2D eigenvalue weighted by Crippen LogP contribution is -2.42. The van der Waals surface area contributed by atoms with Crippen LogP contribution < -0.4 is 10.9 Å². The van der Waals surface area contributed by atoms with Crippen molar-refractivity contribution in [1.29, 1.82) is 0 Å². The summed E-state index contributed by atoms with van der Waals surface area (Å²) in [5.41, 5.74) is 6.76. The highest BCUT2D eigenvalue weighted by Crippen LogP contribution is 2.35. The lowest BCUT2D eigenvalue weighted by molar-refractivity contribution is -0.384. The van der Waals surface area contributed by atoms with Gasteiger partial charge in [-0.1, -0.05) is 78.5 Å². The number of nitro benzene ring substituents is 1. The van der Waals surface area contributed by atoms with Gasteiger partial charge in [0.25, 0.3) is 16.8 Å². The summed E-state index contributed by atoms with van der Waals surface area (Å²) in [5.74, 6) is -0.646. The minimum atomic E-state index is -0.670. The summed E-state index contributed by atoms with van der Waals surface area (Å²) in [5, 5.41) is 11.2. The van der Waals surface area contributed by atoms with Gasteiger partial charge in [0, 0.05) is 28.8 Å². The average molecular weight is 474 g/mol. The van der Waals surface area contributed by atoms with E-state index in [1.165, 1.54) is 18.2 Å². The molecule has 0 radical (unpaired) electrons. The minimum absolute atomic E-state index is 0.0508. The minimum Gasteiger partial charge on any atom is -0.431 e. The number of nitrogens with one attached hydrogen (secondary N) is 2. The van der Waals surface area contributed by atoms with Crippen LogP contribution in [0.25, 0.3) is 22.6 Å². The number of hydrogen-bond donors (Lipinski definition) is 2. The maximum atomic E-state index is 12.2. The van der Waals surface area contributed by atoms with E-state index in [1.54, 1.807) is 0 Å². The molecule has 2 amide bonds. The molecule has 3 aromatic carbocycles. The molecule has 0 atom stereocenters. The van der Waals surface area contributed by atoms with Crippen molar-refractivity contribution in [3.63, 3.8) is 0 Å². The molecular formula is C24H18N4O5S. The third-order valence-electron chi connectivity index (χ3n) is 4.65. The molecule has 1 heterocycles. The van der Waals surface area contributed by atoms with Crippen LogP contribution in [-0.4, -0.2) is 27.5 Å². The third kappa shape index (κ3) is 5.48. The van der Waals surface area contributed by atoms with Crippen LogP contribution in [0.2, 0.25) is 0 Å². The summed E-state index contributed by atoms with van der Waals surface area (Å²) in [6.07, 6.45) is 0. The van der Waals surface area contributed by atoms with Crippen LogP contribution in [0.4, 0.5) is 5.69 Å². The zero-order chi connectivity index (χ0) is 23.9. The van der Waals surface area contributed by atoms with Crippen molar-refractivity contribution in [2.45, 2.75) is 5.22 Å². The monoisotopic (exact) mass is 474 g/mol. The van der Waals surface area contributed by atoms with Crippen LogP contribution in [-0.2, 0) is 4.79 Å². The molecule has 10 heteroatoms. The molecule has 34 heavy (non-hydrogen) atoms. The number of amides is 2. The number of aromatic nitrogens is 1. The number of non-ortho nitro benzene ring substituents is 1. The fourth-order valence-corrected chi connectivity index (χ4v) is 3.69. The fraction of sp³-hybridized carbons (Fsp3) is 0.0417. The second kappa shape index (κ2) is 10.5. The first-order valence-electron chi connectivity index (χ1n) is 10.1. The van der Waals surface area contributed by atoms with E-state index >= 15 is 0 Å². The van der Waals surface area contributed by atoms with Gasteiger partial charge in [0.2, 0.25) is 5.91 Å². The van der Waals surface area contributed by atoms with E-state index in [-0.39, 0.29) is 17.0 Å². The molecule has 0 saturated carbocycles. The van der Waals surface area contributed by atoms with E-state index in [4.69, 9.17) is 4.42 Å². The van der Waals surface area contributed by atoms with Crippen molar-refractivity contribution in [3.8, 4) is 22.6 Å². The second-order valence-electron chi connectivity index (χ2n) is 6.99. The molecule has 0 aliphatic rings. The van der Waals surface area contributed by atoms with Gasteiger partial charge in [-0.15, -0.1) is 0 Å². The first-order chi connectivity index (χ1) is 16.5. The molecule has 2 N–H and O–H groups in total. The SMILES string of the molecule is O=C(CSc1nc(-c2ccccc2)c(-c2ccccc2)o1)NNC(=O)c1cccc([N+](=O)[O-])c1. The van der Waals surface area contributed by atoms with Crippen LogP contribution in [0, 0.1) is 10.1 Å². The molecule has 4 rings (SSSR count). The molecule has 1 aromatic heterocycles. The van der Waals surface area contributed by atoms with Crippen LogP contribution in [0.1, 0.15) is 10.4 Å². The number of hydrazine groups is 1. The Morgan fingerprint density at radius 1 is 0.912 bits per heavy atom. The summed E-state index contributed by atoms with van der Waals surface area (Å²) in [4.78, 5) is 39.2. The first-order valence-corrected chi connectivity index (χ1v) is 11.1. The predicted octanol–water partition coefficient (Wildman–Crippen LogP) is 4.47. The van der Waals surface area contributed by atoms with Gasteiger partial charge in [0.05, 0.1) is 10.7 Å². The summed E-state index contributed by atoms with van der Waals surface area (Å²) in [6.45, 7) is 0. The molecule has 0 aliphatic carbocycles. The summed E-state index contributed by atoms with van der Waals surface area (Å²) >= 11 is 1.08. The van der Waals surface area contributed by atoms with Crippen LogP contribution >= 0.6 is 11.8 Å². The Bertz CT molecular complexity index is 1270. The summed E-state index contributed by atoms with van der Waals surface area (Å²) in [6, 6.07) is 24.3. The Labute approximate surface area is 198 Å². The molecule has 0 aliphatic heterocycles. The topological polar surface area (TPSA) is 127 Å². The molecular weight excluding hydrogens is 456 g/mol. The Morgan fingerprint density at radius 3 is 2.26 bits per heavy atom. The average Bonchev–Trinajstić information content (AvgIpc) is 3.31. The quantitative estimate of drug-likeness (QED) is 0.230. The highest BCUT2D eigenvalue weighted by Gasteiger charge is 2.18. The standard InChI is InChI=1S/C24H18N4O5S/c29-20(26-27-23(30)18-12-7-13-19(14-18)28(31)32)15-34-24-25-21(16-8-3-1-4-9-16)22(33-24)17-10-5-2-6-11-17/h1-14H,15H2,(H,26,29)(H,27,30). The number of hydrogen-bond acceptors (Lipinski definition) is 7. The van der Waals surface area contributed by atoms with Crippen molar-refractivity contribution in [2.24, 2.45) is 0 Å².